The van der Waals surface area contributed by atoms with E-state index in [9.17, 15) is 19.1 Å². The van der Waals surface area contributed by atoms with Crippen molar-refractivity contribution in [3.8, 4) is 17.2 Å². The number of carbonyl (C=O) groups is 2. The molecule has 1 N–H and O–H groups in total. The second-order valence-electron chi connectivity index (χ2n) is 9.45. The highest BCUT2D eigenvalue weighted by atomic mass is 35.5. The minimum Gasteiger partial charge on any atom is -0.508 e. The lowest BCUT2D eigenvalue weighted by Gasteiger charge is -2.36. The molecule has 3 aromatic carbocycles. The molecule has 0 unspecified atom stereocenters. The van der Waals surface area contributed by atoms with E-state index in [0.717, 1.165) is 26.8 Å². The molecule has 5 rings (SSSR count). The summed E-state index contributed by atoms with van der Waals surface area (Å²) in [6, 6.07) is 15.6. The summed E-state index contributed by atoms with van der Waals surface area (Å²) in [6.07, 6.45) is 3.19. The van der Waals surface area contributed by atoms with Gasteiger partial charge in [-0.25, -0.2) is 0 Å². The molecule has 1 aliphatic rings. The zero-order valence-corrected chi connectivity index (χ0v) is 22.4. The van der Waals surface area contributed by atoms with Crippen LogP contribution in [0.15, 0.2) is 60.7 Å². The van der Waals surface area contributed by atoms with Crippen LogP contribution in [0, 0.1) is 19.8 Å². The first-order valence-electron chi connectivity index (χ1n) is 12.1. The van der Waals surface area contributed by atoms with E-state index < -0.39 is 6.67 Å². The van der Waals surface area contributed by atoms with Crippen molar-refractivity contribution < 1.29 is 23.8 Å². The van der Waals surface area contributed by atoms with Crippen molar-refractivity contribution in [2.24, 2.45) is 5.92 Å². The van der Waals surface area contributed by atoms with E-state index >= 15 is 0 Å². The van der Waals surface area contributed by atoms with Gasteiger partial charge in [0.25, 0.3) is 0 Å². The van der Waals surface area contributed by atoms with Crippen molar-refractivity contribution in [1.29, 1.82) is 0 Å². The van der Waals surface area contributed by atoms with E-state index in [4.69, 9.17) is 16.3 Å². The first-order chi connectivity index (χ1) is 18.2. The molecule has 0 bridgehead atoms. The number of amides is 1. The number of ketones is 1. The predicted molar refractivity (Wildman–Crippen MR) is 149 cm³/mol. The van der Waals surface area contributed by atoms with Crippen LogP contribution < -0.4 is 4.74 Å². The second kappa shape index (κ2) is 10.6. The number of benzene rings is 3. The second-order valence-corrected chi connectivity index (χ2v) is 10.9. The van der Waals surface area contributed by atoms with Gasteiger partial charge in [-0.1, -0.05) is 23.7 Å². The smallest absolute Gasteiger partial charge is 0.246 e. The molecular weight excluding hydrogens is 525 g/mol. The van der Waals surface area contributed by atoms with E-state index in [2.05, 4.69) is 0 Å². The fourth-order valence-electron chi connectivity index (χ4n) is 4.58. The molecule has 194 valence electrons. The highest BCUT2D eigenvalue weighted by Gasteiger charge is 2.29. The zero-order valence-electron chi connectivity index (χ0n) is 20.8. The number of aromatic hydroxyl groups is 1. The van der Waals surface area contributed by atoms with Gasteiger partial charge in [0, 0.05) is 45.8 Å². The molecule has 0 radical (unpaired) electrons. The molecular formula is C30H25ClFNO4S. The summed E-state index contributed by atoms with van der Waals surface area (Å²) in [4.78, 5) is 28.0. The molecule has 1 amide bonds. The Hall–Kier alpha value is -3.68. The fourth-order valence-corrected chi connectivity index (χ4v) is 6.02. The third-order valence-corrected chi connectivity index (χ3v) is 7.92. The maximum absolute atomic E-state index is 13.8. The molecule has 0 saturated carbocycles. The molecule has 1 fully saturated rings. The lowest BCUT2D eigenvalue weighted by atomic mass is 9.98. The molecule has 0 atom stereocenters. The number of carbonyl (C=O) groups excluding carboxylic acids is 2. The highest BCUT2D eigenvalue weighted by molar-refractivity contribution is 7.21. The lowest BCUT2D eigenvalue weighted by Crippen LogP contribution is -2.50. The molecule has 1 saturated heterocycles. The molecule has 38 heavy (non-hydrogen) atoms. The average molecular weight is 550 g/mol. The van der Waals surface area contributed by atoms with Gasteiger partial charge in [-0.15, -0.1) is 11.3 Å². The Morgan fingerprint density at radius 2 is 1.79 bits per heavy atom. The van der Waals surface area contributed by atoms with Gasteiger partial charge in [0.1, 0.15) is 16.4 Å². The Labute approximate surface area is 228 Å². The summed E-state index contributed by atoms with van der Waals surface area (Å²) in [5.41, 5.74) is 2.92. The van der Waals surface area contributed by atoms with Crippen LogP contribution in [0.4, 0.5) is 4.39 Å². The normalized spacial score (nSPS) is 13.7. The fraction of sp³-hybridized carbons (Fsp3) is 0.200. The number of rotatable bonds is 7. The Bertz CT molecular complexity index is 1550. The third kappa shape index (κ3) is 5.17. The van der Waals surface area contributed by atoms with Crippen molar-refractivity contribution >= 4 is 50.8 Å². The molecule has 4 aromatic rings. The van der Waals surface area contributed by atoms with Crippen molar-refractivity contribution in [2.45, 2.75) is 13.8 Å². The van der Waals surface area contributed by atoms with Gasteiger partial charge < -0.3 is 14.7 Å². The van der Waals surface area contributed by atoms with Crippen LogP contribution in [0.5, 0.6) is 17.2 Å². The maximum atomic E-state index is 13.8. The molecule has 0 aliphatic carbocycles. The zero-order chi connectivity index (χ0) is 27.0. The number of nitrogens with zero attached hydrogens (tertiary/aromatic N) is 1. The van der Waals surface area contributed by atoms with Gasteiger partial charge in [0.2, 0.25) is 11.7 Å². The molecule has 1 aromatic heterocycles. The van der Waals surface area contributed by atoms with Crippen molar-refractivity contribution in [3.05, 3.63) is 92.8 Å². The van der Waals surface area contributed by atoms with Gasteiger partial charge in [-0.3, -0.25) is 14.0 Å². The summed E-state index contributed by atoms with van der Waals surface area (Å²) >= 11 is 7.45. The van der Waals surface area contributed by atoms with Crippen molar-refractivity contribution in [1.82, 2.24) is 4.90 Å². The van der Waals surface area contributed by atoms with Gasteiger partial charge >= 0.3 is 0 Å². The Balaban J connectivity index is 1.42. The topological polar surface area (TPSA) is 66.8 Å². The number of fused-ring (bicyclic) bond motifs is 1. The number of thiophene rings is 1. The summed E-state index contributed by atoms with van der Waals surface area (Å²) in [5, 5.41) is 11.3. The number of ether oxygens (including phenoxy) is 1. The summed E-state index contributed by atoms with van der Waals surface area (Å²) in [7, 11) is 0. The predicted octanol–water partition coefficient (Wildman–Crippen LogP) is 7.34. The number of hydrogen-bond acceptors (Lipinski definition) is 5. The maximum Gasteiger partial charge on any atom is 0.246 e. The quantitative estimate of drug-likeness (QED) is 0.193. The van der Waals surface area contributed by atoms with Crippen LogP contribution in [0.1, 0.15) is 31.9 Å². The van der Waals surface area contributed by atoms with E-state index in [-0.39, 0.29) is 23.4 Å². The van der Waals surface area contributed by atoms with Crippen LogP contribution in [0.25, 0.3) is 16.2 Å². The Morgan fingerprint density at radius 3 is 2.45 bits per heavy atom. The molecule has 5 nitrogen and oxygen atoms in total. The molecule has 1 aliphatic heterocycles. The molecule has 2 heterocycles. The van der Waals surface area contributed by atoms with E-state index in [0.29, 0.717) is 40.1 Å². The van der Waals surface area contributed by atoms with Crippen molar-refractivity contribution in [2.75, 3.05) is 19.8 Å². The Morgan fingerprint density at radius 1 is 1.11 bits per heavy atom. The highest BCUT2D eigenvalue weighted by Crippen LogP contribution is 2.43. The summed E-state index contributed by atoms with van der Waals surface area (Å²) in [5.74, 6) is 0.679. The van der Waals surface area contributed by atoms with Crippen LogP contribution in [0.3, 0.4) is 0 Å². The van der Waals surface area contributed by atoms with Crippen molar-refractivity contribution in [3.63, 3.8) is 0 Å². The van der Waals surface area contributed by atoms with E-state index in [1.54, 1.807) is 53.4 Å². The van der Waals surface area contributed by atoms with Crippen LogP contribution in [0.2, 0.25) is 5.02 Å². The summed E-state index contributed by atoms with van der Waals surface area (Å²) in [6.45, 7) is 4.21. The molecule has 8 heteroatoms. The monoisotopic (exact) mass is 549 g/mol. The van der Waals surface area contributed by atoms with E-state index in [1.165, 1.54) is 17.4 Å². The average Bonchev–Trinajstić information content (AvgIpc) is 3.19. The number of halogens is 2. The number of phenols is 1. The first kappa shape index (κ1) is 25.9. The number of hydrogen-bond donors (Lipinski definition) is 1. The number of likely N-dealkylation sites (tertiary alicyclic amines) is 1. The third-order valence-electron chi connectivity index (χ3n) is 6.56. The number of phenolic OH excluding ortho intramolecular Hbond substituents is 1. The minimum absolute atomic E-state index is 0.0507. The first-order valence-corrected chi connectivity index (χ1v) is 13.3. The van der Waals surface area contributed by atoms with Crippen LogP contribution in [-0.2, 0) is 4.79 Å². The minimum atomic E-state index is -0.401. The van der Waals surface area contributed by atoms with Crippen LogP contribution in [-0.4, -0.2) is 41.5 Å². The van der Waals surface area contributed by atoms with Gasteiger partial charge in [0.05, 0.1) is 6.67 Å². The standard InChI is InChI=1S/C30H25ClFNO4S/c1-17-11-21(31)12-18(2)27(17)28(36)30-29(24-9-6-22(34)13-25(24)38-30)37-23-7-3-19(4-8-23)5-10-26(35)33-15-20(14-32)16-33/h3-13,20,34H,14-16H2,1-2H3/b10-5+. The van der Waals surface area contributed by atoms with Gasteiger partial charge in [-0.05, 0) is 79.1 Å². The SMILES string of the molecule is Cc1cc(Cl)cc(C)c1C(=O)c1sc2cc(O)ccc2c1Oc1ccc(/C=C/C(=O)N2CC(CF)C2)cc1. The van der Waals surface area contributed by atoms with Gasteiger partial charge in [0.15, 0.2) is 5.75 Å². The summed E-state index contributed by atoms with van der Waals surface area (Å²) < 4.78 is 19.6. The molecule has 0 spiro atoms. The number of alkyl halides is 1. The number of aryl methyl sites for hydroxylation is 2. The lowest BCUT2D eigenvalue weighted by molar-refractivity contribution is -0.132. The largest absolute Gasteiger partial charge is 0.508 e. The van der Waals surface area contributed by atoms with Crippen LogP contribution >= 0.6 is 22.9 Å². The Kier molecular flexibility index (Phi) is 7.23. The van der Waals surface area contributed by atoms with E-state index in [1.807, 2.05) is 26.0 Å². The van der Waals surface area contributed by atoms with Gasteiger partial charge in [-0.2, -0.15) is 0 Å².